The van der Waals surface area contributed by atoms with Gasteiger partial charge in [-0.2, -0.15) is 0 Å². The van der Waals surface area contributed by atoms with E-state index in [2.05, 4.69) is 15.0 Å². The van der Waals surface area contributed by atoms with Gasteiger partial charge < -0.3 is 14.4 Å². The van der Waals surface area contributed by atoms with Crippen LogP contribution in [0.15, 0.2) is 30.7 Å². The molecule has 2 aromatic rings. The summed E-state index contributed by atoms with van der Waals surface area (Å²) in [7, 11) is 0. The maximum absolute atomic E-state index is 12.8. The lowest BCUT2D eigenvalue weighted by molar-refractivity contribution is -0.122. The van der Waals surface area contributed by atoms with Crippen LogP contribution in [0.3, 0.4) is 0 Å². The van der Waals surface area contributed by atoms with Crippen LogP contribution in [-0.2, 0) is 4.79 Å². The SMILES string of the molecule is Cc1ncc(N2CC[C@@H](Oc3ccc(OCC(C)(F)F)nc3)C2=O)cn1. The average molecular weight is 364 g/mol. The fourth-order valence-corrected chi connectivity index (χ4v) is 2.43. The number of carbonyl (C=O) groups excluding carboxylic acids is 1. The van der Waals surface area contributed by atoms with Crippen molar-refractivity contribution in [1.82, 2.24) is 15.0 Å². The van der Waals surface area contributed by atoms with Crippen LogP contribution in [0.4, 0.5) is 14.5 Å². The lowest BCUT2D eigenvalue weighted by atomic mass is 10.3. The number of ether oxygens (including phenoxy) is 2. The van der Waals surface area contributed by atoms with E-state index < -0.39 is 18.6 Å². The summed E-state index contributed by atoms with van der Waals surface area (Å²) in [6.45, 7) is 2.27. The van der Waals surface area contributed by atoms with Gasteiger partial charge in [-0.1, -0.05) is 0 Å². The van der Waals surface area contributed by atoms with Gasteiger partial charge in [0, 0.05) is 26.0 Å². The molecule has 2 aromatic heterocycles. The molecule has 3 heterocycles. The molecule has 1 atom stereocenters. The summed E-state index contributed by atoms with van der Waals surface area (Å²) in [6, 6.07) is 2.95. The Hall–Kier alpha value is -2.84. The Balaban J connectivity index is 1.59. The van der Waals surface area contributed by atoms with Gasteiger partial charge in [0.25, 0.3) is 11.8 Å². The highest BCUT2D eigenvalue weighted by molar-refractivity contribution is 5.98. The van der Waals surface area contributed by atoms with Gasteiger partial charge in [0.15, 0.2) is 12.7 Å². The van der Waals surface area contributed by atoms with Crippen molar-refractivity contribution in [2.24, 2.45) is 0 Å². The van der Waals surface area contributed by atoms with Gasteiger partial charge >= 0.3 is 0 Å². The Morgan fingerprint density at radius 2 is 1.96 bits per heavy atom. The van der Waals surface area contributed by atoms with Crippen LogP contribution in [-0.4, -0.2) is 46.0 Å². The fourth-order valence-electron chi connectivity index (χ4n) is 2.43. The molecule has 1 aliphatic rings. The third kappa shape index (κ3) is 4.41. The van der Waals surface area contributed by atoms with Crippen LogP contribution in [0, 0.1) is 6.92 Å². The Morgan fingerprint density at radius 1 is 1.23 bits per heavy atom. The minimum Gasteiger partial charge on any atom is -0.479 e. The lowest BCUT2D eigenvalue weighted by Crippen LogP contribution is -2.32. The summed E-state index contributed by atoms with van der Waals surface area (Å²) in [6.07, 6.45) is 4.39. The van der Waals surface area contributed by atoms with Gasteiger partial charge in [0.05, 0.1) is 24.3 Å². The monoisotopic (exact) mass is 364 g/mol. The van der Waals surface area contributed by atoms with Crippen molar-refractivity contribution in [3.8, 4) is 11.6 Å². The molecular formula is C17H18F2N4O3. The number of nitrogens with zero attached hydrogens (tertiary/aromatic N) is 4. The molecule has 0 unspecified atom stereocenters. The second-order valence-electron chi connectivity index (χ2n) is 6.06. The second-order valence-corrected chi connectivity index (χ2v) is 6.06. The van der Waals surface area contributed by atoms with Crippen molar-refractivity contribution >= 4 is 11.6 Å². The number of pyridine rings is 1. The van der Waals surface area contributed by atoms with E-state index in [9.17, 15) is 13.6 Å². The largest absolute Gasteiger partial charge is 0.479 e. The number of alkyl halides is 2. The Kier molecular flexibility index (Phi) is 4.97. The van der Waals surface area contributed by atoms with Crippen molar-refractivity contribution in [3.05, 3.63) is 36.5 Å². The number of halogens is 2. The molecule has 9 heteroatoms. The third-order valence-corrected chi connectivity index (χ3v) is 3.70. The van der Waals surface area contributed by atoms with E-state index >= 15 is 0 Å². The van der Waals surface area contributed by atoms with Crippen molar-refractivity contribution in [3.63, 3.8) is 0 Å². The summed E-state index contributed by atoms with van der Waals surface area (Å²) in [5, 5.41) is 0. The molecule has 7 nitrogen and oxygen atoms in total. The van der Waals surface area contributed by atoms with E-state index in [0.29, 0.717) is 30.2 Å². The smallest absolute Gasteiger partial charge is 0.278 e. The molecule has 138 valence electrons. The van der Waals surface area contributed by atoms with Crippen LogP contribution < -0.4 is 14.4 Å². The van der Waals surface area contributed by atoms with Crippen LogP contribution >= 0.6 is 0 Å². The highest BCUT2D eigenvalue weighted by Gasteiger charge is 2.34. The maximum Gasteiger partial charge on any atom is 0.278 e. The summed E-state index contributed by atoms with van der Waals surface area (Å²) in [5.41, 5.74) is 0.620. The minimum atomic E-state index is -2.93. The molecule has 0 bridgehead atoms. The highest BCUT2D eigenvalue weighted by atomic mass is 19.3. The molecule has 26 heavy (non-hydrogen) atoms. The first-order chi connectivity index (χ1) is 12.3. The zero-order chi connectivity index (χ0) is 18.7. The first-order valence-electron chi connectivity index (χ1n) is 8.05. The van der Waals surface area contributed by atoms with Gasteiger partial charge in [-0.15, -0.1) is 0 Å². The standard InChI is InChI=1S/C17H18F2N4O3/c1-11-20-7-12(8-21-11)23-6-5-14(16(23)24)26-13-3-4-15(22-9-13)25-10-17(2,18)19/h3-4,7-9,14H,5-6,10H2,1-2H3/t14-/m1/s1. The zero-order valence-corrected chi connectivity index (χ0v) is 14.4. The molecule has 0 saturated carbocycles. The van der Waals surface area contributed by atoms with Gasteiger partial charge in [0.1, 0.15) is 11.6 Å². The van der Waals surface area contributed by atoms with Crippen molar-refractivity contribution in [1.29, 1.82) is 0 Å². The van der Waals surface area contributed by atoms with Crippen LogP contribution in [0.2, 0.25) is 0 Å². The summed E-state index contributed by atoms with van der Waals surface area (Å²) in [4.78, 5) is 26.1. The molecule has 1 saturated heterocycles. The molecule has 3 rings (SSSR count). The molecule has 0 aromatic carbocycles. The fraction of sp³-hybridized carbons (Fsp3) is 0.412. The summed E-state index contributed by atoms with van der Waals surface area (Å²) < 4.78 is 36.1. The number of aromatic nitrogens is 3. The molecular weight excluding hydrogens is 346 g/mol. The van der Waals surface area contributed by atoms with Crippen LogP contribution in [0.1, 0.15) is 19.2 Å². The van der Waals surface area contributed by atoms with E-state index in [4.69, 9.17) is 9.47 Å². The quantitative estimate of drug-likeness (QED) is 0.783. The normalized spacial score (nSPS) is 17.5. The molecule has 1 aliphatic heterocycles. The van der Waals surface area contributed by atoms with E-state index in [-0.39, 0.29) is 11.8 Å². The summed E-state index contributed by atoms with van der Waals surface area (Å²) in [5.74, 6) is -2.07. The zero-order valence-electron chi connectivity index (χ0n) is 14.4. The summed E-state index contributed by atoms with van der Waals surface area (Å²) >= 11 is 0. The number of aryl methyl sites for hydroxylation is 1. The first kappa shape index (κ1) is 18.0. The van der Waals surface area contributed by atoms with Gasteiger partial charge in [0.2, 0.25) is 5.88 Å². The Bertz CT molecular complexity index is 763. The topological polar surface area (TPSA) is 77.4 Å². The Labute approximate surface area is 149 Å². The molecule has 0 N–H and O–H groups in total. The second kappa shape index (κ2) is 7.19. The average Bonchev–Trinajstić information content (AvgIpc) is 2.95. The predicted octanol–water partition coefficient (Wildman–Crippen LogP) is 2.40. The number of hydrogen-bond acceptors (Lipinski definition) is 6. The molecule has 0 aliphatic carbocycles. The van der Waals surface area contributed by atoms with Crippen molar-refractivity contribution in [2.45, 2.75) is 32.3 Å². The first-order valence-corrected chi connectivity index (χ1v) is 8.05. The maximum atomic E-state index is 12.8. The van der Waals surface area contributed by atoms with Gasteiger partial charge in [-0.05, 0) is 13.0 Å². The van der Waals surface area contributed by atoms with E-state index in [0.717, 1.165) is 6.92 Å². The van der Waals surface area contributed by atoms with Crippen LogP contribution in [0.25, 0.3) is 0 Å². The number of carbonyl (C=O) groups is 1. The number of hydrogen-bond donors (Lipinski definition) is 0. The molecule has 0 radical (unpaired) electrons. The minimum absolute atomic E-state index is 0.0649. The lowest BCUT2D eigenvalue weighted by Gasteiger charge is -2.16. The van der Waals surface area contributed by atoms with Crippen molar-refractivity contribution in [2.75, 3.05) is 18.1 Å². The van der Waals surface area contributed by atoms with Crippen LogP contribution in [0.5, 0.6) is 11.6 Å². The molecule has 1 amide bonds. The highest BCUT2D eigenvalue weighted by Crippen LogP contribution is 2.24. The number of anilines is 1. The van der Waals surface area contributed by atoms with E-state index in [1.54, 1.807) is 24.2 Å². The number of amides is 1. The number of rotatable bonds is 6. The molecule has 1 fully saturated rings. The van der Waals surface area contributed by atoms with E-state index in [1.165, 1.54) is 18.3 Å². The van der Waals surface area contributed by atoms with Gasteiger partial charge in [-0.25, -0.2) is 23.7 Å². The Morgan fingerprint density at radius 3 is 2.58 bits per heavy atom. The van der Waals surface area contributed by atoms with Crippen molar-refractivity contribution < 1.29 is 23.0 Å². The van der Waals surface area contributed by atoms with Gasteiger partial charge in [-0.3, -0.25) is 4.79 Å². The third-order valence-electron chi connectivity index (χ3n) is 3.70. The predicted molar refractivity (Wildman–Crippen MR) is 88.5 cm³/mol. The molecule has 0 spiro atoms. The van der Waals surface area contributed by atoms with E-state index in [1.807, 2.05) is 0 Å².